The Morgan fingerprint density at radius 1 is 0.767 bits per heavy atom. The molecule has 0 aliphatic carbocycles. The Balaban J connectivity index is 1.21. The molecule has 2 fully saturated rings. The molecule has 160 valence electrons. The summed E-state index contributed by atoms with van der Waals surface area (Å²) in [7, 11) is 0. The van der Waals surface area contributed by atoms with E-state index in [9.17, 15) is 4.79 Å². The first-order chi connectivity index (χ1) is 14.7. The molecule has 0 bridgehead atoms. The lowest BCUT2D eigenvalue weighted by Crippen LogP contribution is -3.29. The van der Waals surface area contributed by atoms with Gasteiger partial charge in [-0.15, -0.1) is 0 Å². The highest BCUT2D eigenvalue weighted by Gasteiger charge is 2.35. The fraction of sp³-hybridized carbons (Fsp3) is 0.480. The summed E-state index contributed by atoms with van der Waals surface area (Å²) in [6.07, 6.45) is 0. The fourth-order valence-corrected chi connectivity index (χ4v) is 4.97. The smallest absolute Gasteiger partial charge is 0.280 e. The van der Waals surface area contributed by atoms with Crippen LogP contribution in [0.5, 0.6) is 0 Å². The lowest BCUT2D eigenvalue weighted by atomic mass is 10.1. The van der Waals surface area contributed by atoms with E-state index in [4.69, 9.17) is 0 Å². The van der Waals surface area contributed by atoms with Crippen molar-refractivity contribution in [2.75, 3.05) is 52.4 Å². The van der Waals surface area contributed by atoms with Crippen molar-refractivity contribution in [3.63, 3.8) is 0 Å². The van der Waals surface area contributed by atoms with Gasteiger partial charge in [0.25, 0.3) is 5.91 Å². The van der Waals surface area contributed by atoms with Crippen LogP contribution >= 0.6 is 0 Å². The molecule has 0 spiro atoms. The zero-order valence-electron chi connectivity index (χ0n) is 18.3. The Bertz CT molecular complexity index is 781. The van der Waals surface area contributed by atoms with E-state index in [0.29, 0.717) is 5.91 Å². The predicted molar refractivity (Wildman–Crippen MR) is 118 cm³/mol. The van der Waals surface area contributed by atoms with E-state index in [0.717, 1.165) is 65.4 Å². The molecular formula is C25H37N4O+3. The summed E-state index contributed by atoms with van der Waals surface area (Å²) in [6.45, 7) is 12.7. The molecule has 2 aliphatic rings. The van der Waals surface area contributed by atoms with Crippen molar-refractivity contribution in [2.45, 2.75) is 26.1 Å². The van der Waals surface area contributed by atoms with Gasteiger partial charge < -0.3 is 19.6 Å². The van der Waals surface area contributed by atoms with E-state index in [1.165, 1.54) is 16.0 Å². The molecule has 4 rings (SSSR count). The SMILES string of the molecule is C[C@@H](C(=O)N1CC[NH+](Cc2ccccc2)CC1)[NH+]1CC[NH+](Cc2ccccc2)CC1. The van der Waals surface area contributed by atoms with Gasteiger partial charge in [0.15, 0.2) is 6.04 Å². The van der Waals surface area contributed by atoms with Crippen molar-refractivity contribution < 1.29 is 19.5 Å². The minimum absolute atomic E-state index is 0.0824. The molecule has 0 aromatic heterocycles. The van der Waals surface area contributed by atoms with E-state index >= 15 is 0 Å². The van der Waals surface area contributed by atoms with Crippen molar-refractivity contribution in [1.29, 1.82) is 0 Å². The van der Waals surface area contributed by atoms with Crippen molar-refractivity contribution in [3.05, 3.63) is 71.8 Å². The van der Waals surface area contributed by atoms with Gasteiger partial charge in [0.05, 0.1) is 26.2 Å². The minimum Gasteiger partial charge on any atom is -0.328 e. The Labute approximate surface area is 180 Å². The van der Waals surface area contributed by atoms with Crippen LogP contribution in [-0.2, 0) is 17.9 Å². The summed E-state index contributed by atoms with van der Waals surface area (Å²) in [5.74, 6) is 0.357. The van der Waals surface area contributed by atoms with Crippen molar-refractivity contribution >= 4 is 5.91 Å². The molecule has 0 radical (unpaired) electrons. The molecule has 1 amide bonds. The maximum Gasteiger partial charge on any atom is 0.280 e. The fourth-order valence-electron chi connectivity index (χ4n) is 4.97. The van der Waals surface area contributed by atoms with E-state index in [1.54, 1.807) is 9.80 Å². The Morgan fingerprint density at radius 2 is 1.23 bits per heavy atom. The normalized spacial score (nSPS) is 23.8. The number of hydrogen-bond donors (Lipinski definition) is 3. The highest BCUT2D eigenvalue weighted by Crippen LogP contribution is 1.99. The summed E-state index contributed by atoms with van der Waals surface area (Å²) >= 11 is 0. The van der Waals surface area contributed by atoms with Gasteiger partial charge >= 0.3 is 0 Å². The molecule has 30 heavy (non-hydrogen) atoms. The maximum absolute atomic E-state index is 13.1. The predicted octanol–water partition coefficient (Wildman–Crippen LogP) is -1.71. The first-order valence-electron chi connectivity index (χ1n) is 11.6. The van der Waals surface area contributed by atoms with E-state index in [2.05, 4.69) is 72.5 Å². The van der Waals surface area contributed by atoms with Gasteiger partial charge in [-0.05, 0) is 6.92 Å². The number of hydrogen-bond acceptors (Lipinski definition) is 1. The van der Waals surface area contributed by atoms with Crippen LogP contribution in [-0.4, -0.2) is 69.2 Å². The largest absolute Gasteiger partial charge is 0.328 e. The summed E-state index contributed by atoms with van der Waals surface area (Å²) < 4.78 is 0. The second-order valence-corrected chi connectivity index (χ2v) is 9.03. The zero-order chi connectivity index (χ0) is 20.8. The van der Waals surface area contributed by atoms with Crippen LogP contribution in [0.4, 0.5) is 0 Å². The topological polar surface area (TPSA) is 33.6 Å². The number of nitrogens with zero attached hydrogens (tertiary/aromatic N) is 1. The van der Waals surface area contributed by atoms with Crippen LogP contribution in [0.3, 0.4) is 0 Å². The van der Waals surface area contributed by atoms with Gasteiger partial charge in [-0.1, -0.05) is 60.7 Å². The zero-order valence-corrected chi connectivity index (χ0v) is 18.3. The van der Waals surface area contributed by atoms with Crippen LogP contribution < -0.4 is 14.7 Å². The van der Waals surface area contributed by atoms with Crippen LogP contribution in [0, 0.1) is 0 Å². The molecule has 0 unspecified atom stereocenters. The van der Waals surface area contributed by atoms with Crippen molar-refractivity contribution in [3.8, 4) is 0 Å². The summed E-state index contributed by atoms with van der Waals surface area (Å²) in [6, 6.07) is 21.6. The second-order valence-electron chi connectivity index (χ2n) is 9.03. The number of rotatable bonds is 6. The summed E-state index contributed by atoms with van der Waals surface area (Å²) in [5.41, 5.74) is 2.80. The van der Waals surface area contributed by atoms with Gasteiger partial charge in [0, 0.05) is 11.1 Å². The maximum atomic E-state index is 13.1. The molecule has 2 aliphatic heterocycles. The highest BCUT2D eigenvalue weighted by molar-refractivity contribution is 5.80. The molecular weight excluding hydrogens is 372 g/mol. The molecule has 2 heterocycles. The van der Waals surface area contributed by atoms with Crippen molar-refractivity contribution in [2.24, 2.45) is 0 Å². The lowest BCUT2D eigenvalue weighted by molar-refractivity contribution is -1.02. The highest BCUT2D eigenvalue weighted by atomic mass is 16.2. The second kappa shape index (κ2) is 10.2. The van der Waals surface area contributed by atoms with Crippen molar-refractivity contribution in [1.82, 2.24) is 4.90 Å². The van der Waals surface area contributed by atoms with Crippen LogP contribution in [0.1, 0.15) is 18.1 Å². The quantitative estimate of drug-likeness (QED) is 0.522. The minimum atomic E-state index is 0.0824. The Morgan fingerprint density at radius 3 is 1.73 bits per heavy atom. The first kappa shape index (κ1) is 21.0. The van der Waals surface area contributed by atoms with Crippen LogP contribution in [0.15, 0.2) is 60.7 Å². The molecule has 2 aromatic carbocycles. The van der Waals surface area contributed by atoms with Gasteiger partial charge in [0.2, 0.25) is 0 Å². The molecule has 3 N–H and O–H groups in total. The van der Waals surface area contributed by atoms with E-state index in [-0.39, 0.29) is 6.04 Å². The number of nitrogens with one attached hydrogen (secondary N) is 3. The first-order valence-corrected chi connectivity index (χ1v) is 11.6. The lowest BCUT2D eigenvalue weighted by Gasteiger charge is -2.37. The molecule has 2 aromatic rings. The third-order valence-electron chi connectivity index (χ3n) is 6.96. The summed E-state index contributed by atoms with van der Waals surface area (Å²) in [5, 5.41) is 0. The van der Waals surface area contributed by atoms with Crippen LogP contribution in [0.25, 0.3) is 0 Å². The Kier molecular flexibility index (Phi) is 7.16. The Hall–Kier alpha value is -2.21. The van der Waals surface area contributed by atoms with Gasteiger partial charge in [-0.25, -0.2) is 0 Å². The number of amides is 1. The number of carbonyl (C=O) groups excluding carboxylic acids is 1. The molecule has 0 saturated carbocycles. The third-order valence-corrected chi connectivity index (χ3v) is 6.96. The van der Waals surface area contributed by atoms with Gasteiger partial charge in [0.1, 0.15) is 39.3 Å². The van der Waals surface area contributed by atoms with Crippen LogP contribution in [0.2, 0.25) is 0 Å². The monoisotopic (exact) mass is 409 g/mol. The standard InChI is InChI=1S/C25H34N4O/c1-22(28-16-12-26(13-17-28)20-23-8-4-2-5-9-23)25(30)29-18-14-27(15-19-29)21-24-10-6-3-7-11-24/h2-11,22H,12-21H2,1H3/p+3/t22-/m0/s1. The number of piperazine rings is 2. The van der Waals surface area contributed by atoms with Gasteiger partial charge in [-0.2, -0.15) is 0 Å². The number of carbonyl (C=O) groups is 1. The van der Waals surface area contributed by atoms with E-state index < -0.39 is 0 Å². The number of benzene rings is 2. The summed E-state index contributed by atoms with van der Waals surface area (Å²) in [4.78, 5) is 19.9. The number of quaternary nitrogens is 3. The average Bonchev–Trinajstić information content (AvgIpc) is 2.80. The average molecular weight is 410 g/mol. The van der Waals surface area contributed by atoms with E-state index in [1.807, 2.05) is 0 Å². The third kappa shape index (κ3) is 5.48. The van der Waals surface area contributed by atoms with Gasteiger partial charge in [-0.3, -0.25) is 4.79 Å². The molecule has 2 saturated heterocycles. The molecule has 5 nitrogen and oxygen atoms in total. The molecule has 5 heteroatoms. The molecule has 1 atom stereocenters.